The summed E-state index contributed by atoms with van der Waals surface area (Å²) >= 11 is 0. The summed E-state index contributed by atoms with van der Waals surface area (Å²) in [6, 6.07) is 7.39. The molecule has 0 radical (unpaired) electrons. The summed E-state index contributed by atoms with van der Waals surface area (Å²) in [4.78, 5) is 48.5. The van der Waals surface area contributed by atoms with Gasteiger partial charge in [0.1, 0.15) is 17.9 Å². The normalized spacial score (nSPS) is 12.2. The van der Waals surface area contributed by atoms with E-state index in [1.165, 1.54) is 19.1 Å². The van der Waals surface area contributed by atoms with Crippen LogP contribution < -0.4 is 16.0 Å². The van der Waals surface area contributed by atoms with Crippen molar-refractivity contribution in [1.82, 2.24) is 16.0 Å². The van der Waals surface area contributed by atoms with Crippen molar-refractivity contribution in [3.05, 3.63) is 60.3 Å². The summed E-state index contributed by atoms with van der Waals surface area (Å²) in [5.41, 5.74) is -0.634. The second kappa shape index (κ2) is 12.2. The minimum Gasteiger partial charge on any atom is -0.457 e. The Morgan fingerprint density at radius 3 is 2.32 bits per heavy atom. The molecule has 1 aromatic carbocycles. The maximum Gasteiger partial charge on any atom is 0.408 e. The van der Waals surface area contributed by atoms with Crippen LogP contribution in [0.3, 0.4) is 0 Å². The number of carbonyl (C=O) groups is 4. The van der Waals surface area contributed by atoms with Crippen molar-refractivity contribution in [2.24, 2.45) is 0 Å². The van der Waals surface area contributed by atoms with Gasteiger partial charge >= 0.3 is 12.1 Å². The maximum absolute atomic E-state index is 12.5. The largest absolute Gasteiger partial charge is 0.457 e. The minimum absolute atomic E-state index is 0.0476. The van der Waals surface area contributed by atoms with Crippen molar-refractivity contribution in [2.75, 3.05) is 13.2 Å². The highest BCUT2D eigenvalue weighted by atomic mass is 16.6. The van der Waals surface area contributed by atoms with E-state index >= 15 is 0 Å². The summed E-state index contributed by atoms with van der Waals surface area (Å²) in [5.74, 6) is -1.71. The summed E-state index contributed by atoms with van der Waals surface area (Å²) < 4.78 is 10.3. The molecule has 0 aliphatic rings. The quantitative estimate of drug-likeness (QED) is 0.312. The van der Waals surface area contributed by atoms with E-state index in [1.54, 1.807) is 51.1 Å². The summed E-state index contributed by atoms with van der Waals surface area (Å²) in [5, 5.41) is 7.59. The van der Waals surface area contributed by atoms with Gasteiger partial charge in [0, 0.05) is 19.0 Å². The Morgan fingerprint density at radius 2 is 1.77 bits per heavy atom. The molecular formula is C22H29N3O6. The lowest BCUT2D eigenvalue weighted by Gasteiger charge is -2.23. The number of nitrogens with one attached hydrogen (secondary N) is 3. The van der Waals surface area contributed by atoms with E-state index in [0.29, 0.717) is 5.56 Å². The van der Waals surface area contributed by atoms with Crippen LogP contribution >= 0.6 is 0 Å². The number of ether oxygens (including phenoxy) is 2. The number of amides is 3. The number of carbonyl (C=O) groups excluding carboxylic acids is 4. The molecule has 9 heteroatoms. The molecule has 0 saturated carbocycles. The molecule has 9 nitrogen and oxygen atoms in total. The lowest BCUT2D eigenvalue weighted by molar-refractivity contribution is -0.138. The average molecular weight is 431 g/mol. The number of esters is 1. The molecule has 0 bridgehead atoms. The highest BCUT2D eigenvalue weighted by Crippen LogP contribution is 2.08. The lowest BCUT2D eigenvalue weighted by Crippen LogP contribution is -2.45. The number of rotatable bonds is 9. The molecule has 0 aliphatic heterocycles. The summed E-state index contributed by atoms with van der Waals surface area (Å²) in [6.45, 7) is 9.76. The number of alkyl carbamates (subject to hydrolysis) is 1. The first-order valence-corrected chi connectivity index (χ1v) is 9.62. The van der Waals surface area contributed by atoms with Gasteiger partial charge in [0.25, 0.3) is 5.91 Å². The van der Waals surface area contributed by atoms with E-state index in [9.17, 15) is 19.2 Å². The van der Waals surface area contributed by atoms with Crippen LogP contribution in [0.5, 0.6) is 0 Å². The Bertz CT molecular complexity index is 827. The molecule has 1 unspecified atom stereocenters. The predicted molar refractivity (Wildman–Crippen MR) is 115 cm³/mol. The van der Waals surface area contributed by atoms with Crippen LogP contribution in [0.25, 0.3) is 0 Å². The van der Waals surface area contributed by atoms with Crippen molar-refractivity contribution >= 4 is 23.9 Å². The van der Waals surface area contributed by atoms with E-state index in [-0.39, 0.29) is 24.8 Å². The molecule has 0 spiro atoms. The third-order valence-corrected chi connectivity index (χ3v) is 3.48. The molecule has 168 valence electrons. The highest BCUT2D eigenvalue weighted by molar-refractivity contribution is 6.01. The van der Waals surface area contributed by atoms with Crippen molar-refractivity contribution < 1.29 is 28.7 Å². The molecule has 1 rings (SSSR count). The SMILES string of the molecule is C=CCOC(=O)/C(=C/C(CNC(C)=O)NC(=O)OC(C)(C)C)NC(=O)c1ccccc1. The van der Waals surface area contributed by atoms with Crippen LogP contribution in [0.1, 0.15) is 38.1 Å². The molecule has 1 aromatic rings. The van der Waals surface area contributed by atoms with E-state index in [0.717, 1.165) is 0 Å². The van der Waals surface area contributed by atoms with Gasteiger partial charge < -0.3 is 25.4 Å². The zero-order valence-electron chi connectivity index (χ0n) is 18.2. The van der Waals surface area contributed by atoms with E-state index in [4.69, 9.17) is 9.47 Å². The Balaban J connectivity index is 3.15. The Kier molecular flexibility index (Phi) is 9.97. The van der Waals surface area contributed by atoms with Crippen molar-refractivity contribution in [3.8, 4) is 0 Å². The molecular weight excluding hydrogens is 402 g/mol. The second-order valence-corrected chi connectivity index (χ2v) is 7.48. The molecule has 3 N–H and O–H groups in total. The van der Waals surface area contributed by atoms with Crippen molar-refractivity contribution in [3.63, 3.8) is 0 Å². The van der Waals surface area contributed by atoms with Gasteiger partial charge in [-0.05, 0) is 39.0 Å². The molecule has 3 amide bonds. The molecule has 0 aliphatic carbocycles. The number of hydrogen-bond acceptors (Lipinski definition) is 6. The Labute approximate surface area is 181 Å². The lowest BCUT2D eigenvalue weighted by atomic mass is 10.2. The monoisotopic (exact) mass is 431 g/mol. The molecule has 0 aromatic heterocycles. The second-order valence-electron chi connectivity index (χ2n) is 7.48. The summed E-state index contributed by atoms with van der Waals surface area (Å²) in [7, 11) is 0. The Morgan fingerprint density at radius 1 is 1.13 bits per heavy atom. The van der Waals surface area contributed by atoms with Crippen LogP contribution in [0, 0.1) is 0 Å². The van der Waals surface area contributed by atoms with Gasteiger partial charge in [0.2, 0.25) is 5.91 Å². The van der Waals surface area contributed by atoms with E-state index < -0.39 is 29.6 Å². The van der Waals surface area contributed by atoms with Gasteiger partial charge in [-0.3, -0.25) is 9.59 Å². The average Bonchev–Trinajstić information content (AvgIpc) is 2.68. The van der Waals surface area contributed by atoms with Gasteiger partial charge in [-0.2, -0.15) is 0 Å². The zero-order valence-corrected chi connectivity index (χ0v) is 18.2. The third-order valence-electron chi connectivity index (χ3n) is 3.48. The van der Waals surface area contributed by atoms with E-state index in [1.807, 2.05) is 0 Å². The third kappa shape index (κ3) is 10.6. The van der Waals surface area contributed by atoms with Crippen molar-refractivity contribution in [2.45, 2.75) is 39.3 Å². The first-order chi connectivity index (χ1) is 14.5. The van der Waals surface area contributed by atoms with Crippen LogP contribution in [0.4, 0.5) is 4.79 Å². The van der Waals surface area contributed by atoms with Crippen LogP contribution in [-0.4, -0.2) is 48.7 Å². The van der Waals surface area contributed by atoms with Crippen molar-refractivity contribution in [1.29, 1.82) is 0 Å². The first-order valence-electron chi connectivity index (χ1n) is 9.62. The zero-order chi connectivity index (χ0) is 23.4. The number of hydrogen-bond donors (Lipinski definition) is 3. The fraction of sp³-hybridized carbons (Fsp3) is 0.364. The number of benzene rings is 1. The molecule has 31 heavy (non-hydrogen) atoms. The smallest absolute Gasteiger partial charge is 0.408 e. The van der Waals surface area contributed by atoms with E-state index in [2.05, 4.69) is 22.5 Å². The summed E-state index contributed by atoms with van der Waals surface area (Å²) in [6.07, 6.45) is 1.90. The van der Waals surface area contributed by atoms with Gasteiger partial charge in [0.15, 0.2) is 0 Å². The highest BCUT2D eigenvalue weighted by Gasteiger charge is 2.22. The molecule has 1 atom stereocenters. The topological polar surface area (TPSA) is 123 Å². The molecule has 0 fully saturated rings. The molecule has 0 saturated heterocycles. The minimum atomic E-state index is -0.874. The fourth-order valence-electron chi connectivity index (χ4n) is 2.22. The fourth-order valence-corrected chi connectivity index (χ4v) is 2.22. The standard InChI is InChI=1S/C22H29N3O6/c1-6-12-30-20(28)18(25-19(27)16-10-8-7-9-11-16)13-17(14-23-15(2)26)24-21(29)31-22(3,4)5/h6-11,13,17H,1,12,14H2,2-5H3,(H,23,26)(H,24,29)(H,25,27)/b18-13-. The molecule has 0 heterocycles. The maximum atomic E-state index is 12.5. The van der Waals surface area contributed by atoms with Gasteiger partial charge in [0.05, 0.1) is 6.04 Å². The van der Waals surface area contributed by atoms with Crippen LogP contribution in [0.2, 0.25) is 0 Å². The predicted octanol–water partition coefficient (Wildman–Crippen LogP) is 2.06. The van der Waals surface area contributed by atoms with Crippen LogP contribution in [-0.2, 0) is 19.1 Å². The van der Waals surface area contributed by atoms with Gasteiger partial charge in [-0.1, -0.05) is 30.9 Å². The Hall–Kier alpha value is -3.62. The van der Waals surface area contributed by atoms with Crippen LogP contribution in [0.15, 0.2) is 54.8 Å². The van der Waals surface area contributed by atoms with Gasteiger partial charge in [-0.15, -0.1) is 0 Å². The first kappa shape index (κ1) is 25.4. The van der Waals surface area contributed by atoms with Gasteiger partial charge in [-0.25, -0.2) is 9.59 Å².